The zero-order valence-corrected chi connectivity index (χ0v) is 13.2. The summed E-state index contributed by atoms with van der Waals surface area (Å²) in [7, 11) is 0. The summed E-state index contributed by atoms with van der Waals surface area (Å²) in [6.45, 7) is 0.921. The van der Waals surface area contributed by atoms with Gasteiger partial charge < -0.3 is 19.8 Å². The minimum atomic E-state index is -4.97. The number of rotatable bonds is 5. The maximum atomic E-state index is 13.8. The maximum absolute atomic E-state index is 13.8. The topological polar surface area (TPSA) is 73.2 Å². The summed E-state index contributed by atoms with van der Waals surface area (Å²) in [4.78, 5) is 14.2. The van der Waals surface area contributed by atoms with E-state index in [0.29, 0.717) is 18.5 Å². The Hall–Kier alpha value is -2.07. The van der Waals surface area contributed by atoms with Crippen LogP contribution >= 0.6 is 0 Å². The fraction of sp³-hybridized carbons (Fsp3) is 0.533. The van der Waals surface area contributed by atoms with Gasteiger partial charge in [-0.2, -0.15) is 0 Å². The monoisotopic (exact) mass is 366 g/mol. The van der Waals surface area contributed by atoms with Crippen molar-refractivity contribution < 1.29 is 37.3 Å². The van der Waals surface area contributed by atoms with E-state index in [-0.39, 0.29) is 32.3 Å². The lowest BCUT2D eigenvalue weighted by Crippen LogP contribution is -2.54. The number of piperazine rings is 1. The molecule has 1 aliphatic heterocycles. The van der Waals surface area contributed by atoms with Crippen LogP contribution < -0.4 is 4.74 Å². The van der Waals surface area contributed by atoms with Gasteiger partial charge in [-0.15, -0.1) is 13.2 Å². The van der Waals surface area contributed by atoms with Crippen LogP contribution in [0.15, 0.2) is 18.2 Å². The number of benzene rings is 1. The second kappa shape index (κ2) is 7.87. The average Bonchev–Trinajstić information content (AvgIpc) is 2.50. The molecule has 1 aromatic rings. The van der Waals surface area contributed by atoms with Crippen molar-refractivity contribution in [2.45, 2.75) is 25.4 Å². The van der Waals surface area contributed by atoms with E-state index in [0.717, 1.165) is 12.1 Å². The quantitative estimate of drug-likeness (QED) is 0.783. The minimum absolute atomic E-state index is 0.138. The molecule has 0 spiro atoms. The number of carbonyl (C=O) groups is 1. The second-order valence-corrected chi connectivity index (χ2v) is 5.68. The van der Waals surface area contributed by atoms with Crippen LogP contribution in [0.1, 0.15) is 12.0 Å². The molecule has 1 amide bonds. The lowest BCUT2D eigenvalue weighted by atomic mass is 10.1. The first-order valence-electron chi connectivity index (χ1n) is 7.56. The van der Waals surface area contributed by atoms with Crippen molar-refractivity contribution in [3.05, 3.63) is 29.6 Å². The van der Waals surface area contributed by atoms with Gasteiger partial charge in [0, 0.05) is 38.8 Å². The molecule has 0 aromatic heterocycles. The van der Waals surface area contributed by atoms with Crippen LogP contribution in [0.3, 0.4) is 0 Å². The Kier molecular flexibility index (Phi) is 6.07. The van der Waals surface area contributed by atoms with Gasteiger partial charge in [0.1, 0.15) is 0 Å². The summed E-state index contributed by atoms with van der Waals surface area (Å²) in [5.74, 6) is -2.03. The fourth-order valence-corrected chi connectivity index (χ4v) is 2.78. The molecule has 1 heterocycles. The molecular weight excluding hydrogens is 348 g/mol. The van der Waals surface area contributed by atoms with Crippen molar-refractivity contribution >= 4 is 6.09 Å². The van der Waals surface area contributed by atoms with Gasteiger partial charge >= 0.3 is 12.5 Å². The highest BCUT2D eigenvalue weighted by molar-refractivity contribution is 5.65. The number of alkyl halides is 3. The Morgan fingerprint density at radius 3 is 2.60 bits per heavy atom. The Balaban J connectivity index is 2.07. The van der Waals surface area contributed by atoms with Crippen molar-refractivity contribution in [3.63, 3.8) is 0 Å². The summed E-state index contributed by atoms with van der Waals surface area (Å²) in [5.41, 5.74) is 0.429. The number of ether oxygens (including phenoxy) is 1. The first kappa shape index (κ1) is 19.3. The fourth-order valence-electron chi connectivity index (χ4n) is 2.78. The third-order valence-corrected chi connectivity index (χ3v) is 3.95. The Labute approximate surface area is 141 Å². The lowest BCUT2D eigenvalue weighted by molar-refractivity contribution is -0.275. The van der Waals surface area contributed by atoms with Gasteiger partial charge in [-0.3, -0.25) is 4.90 Å². The van der Waals surface area contributed by atoms with Gasteiger partial charge in [-0.25, -0.2) is 9.18 Å². The third kappa shape index (κ3) is 5.46. The number of hydrogen-bond donors (Lipinski definition) is 2. The SMILES string of the molecule is O=C(O)N1CCN(Cc2ccc(OC(F)(F)F)c(F)c2)[C@@H](CCO)C1. The predicted molar refractivity (Wildman–Crippen MR) is 78.6 cm³/mol. The number of amides is 1. The number of hydrogen-bond acceptors (Lipinski definition) is 4. The van der Waals surface area contributed by atoms with E-state index in [1.165, 1.54) is 11.0 Å². The van der Waals surface area contributed by atoms with Crippen LogP contribution in [0.2, 0.25) is 0 Å². The summed E-state index contributed by atoms with van der Waals surface area (Å²) < 4.78 is 53.8. The number of carboxylic acid groups (broad SMARTS) is 1. The zero-order chi connectivity index (χ0) is 18.6. The van der Waals surface area contributed by atoms with Crippen LogP contribution in [-0.2, 0) is 6.54 Å². The average molecular weight is 366 g/mol. The highest BCUT2D eigenvalue weighted by Crippen LogP contribution is 2.27. The Morgan fingerprint density at radius 1 is 1.32 bits per heavy atom. The molecule has 0 saturated carbocycles. The highest BCUT2D eigenvalue weighted by atomic mass is 19.4. The number of aliphatic hydroxyl groups excluding tert-OH is 1. The summed E-state index contributed by atoms with van der Waals surface area (Å²) in [6, 6.07) is 2.93. The molecule has 0 aliphatic carbocycles. The van der Waals surface area contributed by atoms with Crippen LogP contribution in [-0.4, -0.2) is 64.8 Å². The van der Waals surface area contributed by atoms with E-state index < -0.39 is 24.0 Å². The minimum Gasteiger partial charge on any atom is -0.465 e. The van der Waals surface area contributed by atoms with Crippen LogP contribution in [0.4, 0.5) is 22.4 Å². The molecule has 1 aromatic carbocycles. The van der Waals surface area contributed by atoms with Crippen molar-refractivity contribution in [2.24, 2.45) is 0 Å². The first-order valence-corrected chi connectivity index (χ1v) is 7.56. The molecule has 0 unspecified atom stereocenters. The van der Waals surface area contributed by atoms with E-state index in [1.807, 2.05) is 4.90 Å². The number of aliphatic hydroxyl groups is 1. The summed E-state index contributed by atoms with van der Waals surface area (Å²) >= 11 is 0. The van der Waals surface area contributed by atoms with Crippen molar-refractivity contribution in [1.82, 2.24) is 9.80 Å². The molecule has 1 aliphatic rings. The van der Waals surface area contributed by atoms with Gasteiger partial charge in [0.25, 0.3) is 0 Å². The van der Waals surface area contributed by atoms with Gasteiger partial charge in [0.15, 0.2) is 11.6 Å². The van der Waals surface area contributed by atoms with Gasteiger partial charge in [0.05, 0.1) is 0 Å². The Morgan fingerprint density at radius 2 is 2.04 bits per heavy atom. The lowest BCUT2D eigenvalue weighted by Gasteiger charge is -2.40. The van der Waals surface area contributed by atoms with Crippen LogP contribution in [0.25, 0.3) is 0 Å². The van der Waals surface area contributed by atoms with Crippen LogP contribution in [0, 0.1) is 5.82 Å². The molecule has 6 nitrogen and oxygen atoms in total. The second-order valence-electron chi connectivity index (χ2n) is 5.68. The zero-order valence-electron chi connectivity index (χ0n) is 13.2. The summed E-state index contributed by atoms with van der Waals surface area (Å²) in [6.07, 6.45) is -5.69. The van der Waals surface area contributed by atoms with E-state index in [1.54, 1.807) is 0 Å². The van der Waals surface area contributed by atoms with Gasteiger partial charge in [0.2, 0.25) is 0 Å². The molecule has 0 radical (unpaired) electrons. The smallest absolute Gasteiger partial charge is 0.465 e. The highest BCUT2D eigenvalue weighted by Gasteiger charge is 2.33. The first-order chi connectivity index (χ1) is 11.7. The predicted octanol–water partition coefficient (Wildman–Crippen LogP) is 2.27. The third-order valence-electron chi connectivity index (χ3n) is 3.95. The van der Waals surface area contributed by atoms with E-state index in [9.17, 15) is 22.4 Å². The van der Waals surface area contributed by atoms with Crippen molar-refractivity contribution in [1.29, 1.82) is 0 Å². The van der Waals surface area contributed by atoms with Gasteiger partial charge in [-0.1, -0.05) is 6.07 Å². The van der Waals surface area contributed by atoms with Crippen molar-refractivity contribution in [3.8, 4) is 5.75 Å². The molecule has 10 heteroatoms. The standard InChI is InChI=1S/C15H18F4N2O4/c16-12-7-10(1-2-13(12)25-15(17,18)19)8-20-4-5-21(14(23)24)9-11(20)3-6-22/h1-2,7,11,22H,3-6,8-9H2,(H,23,24)/t11-/m0/s1. The molecule has 25 heavy (non-hydrogen) atoms. The number of nitrogens with zero attached hydrogens (tertiary/aromatic N) is 2. The molecule has 1 saturated heterocycles. The molecule has 0 bridgehead atoms. The molecule has 2 rings (SSSR count). The largest absolute Gasteiger partial charge is 0.573 e. The molecule has 2 N–H and O–H groups in total. The van der Waals surface area contributed by atoms with E-state index in [2.05, 4.69) is 4.74 Å². The van der Waals surface area contributed by atoms with E-state index >= 15 is 0 Å². The Bertz CT molecular complexity index is 612. The maximum Gasteiger partial charge on any atom is 0.573 e. The molecular formula is C15H18F4N2O4. The normalized spacial score (nSPS) is 19.1. The van der Waals surface area contributed by atoms with E-state index in [4.69, 9.17) is 10.2 Å². The number of halogens is 4. The molecule has 1 atom stereocenters. The molecule has 1 fully saturated rings. The molecule has 140 valence electrons. The van der Waals surface area contributed by atoms with Crippen molar-refractivity contribution in [2.75, 3.05) is 26.2 Å². The summed E-state index contributed by atoms with van der Waals surface area (Å²) in [5, 5.41) is 18.2. The van der Waals surface area contributed by atoms with Gasteiger partial charge in [-0.05, 0) is 24.1 Å². The van der Waals surface area contributed by atoms with Crippen LogP contribution in [0.5, 0.6) is 5.75 Å².